The van der Waals surface area contributed by atoms with Crippen LogP contribution < -0.4 is 26.2 Å². The lowest BCUT2D eigenvalue weighted by Gasteiger charge is -2.44. The molecule has 13 aromatic carbocycles. The summed E-state index contributed by atoms with van der Waals surface area (Å²) in [5.41, 5.74) is 20.9. The fourth-order valence-electron chi connectivity index (χ4n) is 12.7. The van der Waals surface area contributed by atoms with Crippen molar-refractivity contribution in [1.29, 1.82) is 0 Å². The van der Waals surface area contributed by atoms with Crippen LogP contribution >= 0.6 is 0 Å². The van der Waals surface area contributed by atoms with Crippen LogP contribution in [0.1, 0.15) is 0 Å². The summed E-state index contributed by atoms with van der Waals surface area (Å²) in [5, 5.41) is 10.1. The molecule has 2 nitrogen and oxygen atoms in total. The molecule has 0 aliphatic carbocycles. The monoisotopic (exact) mass is 924 g/mol. The minimum Gasteiger partial charge on any atom is -0.311 e. The lowest BCUT2D eigenvalue weighted by atomic mass is 9.33. The minimum atomic E-state index is 0.0614. The number of nitrogens with zero attached hydrogens (tertiary/aromatic N) is 2. The maximum Gasteiger partial charge on any atom is 0.252 e. The Labute approximate surface area is 425 Å². The molecule has 2 aliphatic rings. The lowest BCUT2D eigenvalue weighted by Crippen LogP contribution is -2.61. The van der Waals surface area contributed by atoms with E-state index in [0.29, 0.717) is 0 Å². The maximum atomic E-state index is 2.49. The molecule has 15 rings (SSSR count). The number of rotatable bonds is 6. The number of hydrogen-bond acceptors (Lipinski definition) is 2. The Kier molecular flexibility index (Phi) is 9.40. The van der Waals surface area contributed by atoms with Crippen molar-refractivity contribution in [2.24, 2.45) is 0 Å². The van der Waals surface area contributed by atoms with E-state index in [4.69, 9.17) is 0 Å². The highest BCUT2D eigenvalue weighted by Crippen LogP contribution is 2.48. The first-order chi connectivity index (χ1) is 36.3. The average molecular weight is 925 g/mol. The van der Waals surface area contributed by atoms with Crippen LogP contribution in [0.5, 0.6) is 0 Å². The summed E-state index contributed by atoms with van der Waals surface area (Å²) in [6.07, 6.45) is 0. The summed E-state index contributed by atoms with van der Waals surface area (Å²) in [4.78, 5) is 4.99. The fraction of sp³-hybridized carbons (Fsp3) is 0. The van der Waals surface area contributed by atoms with Crippen molar-refractivity contribution < 1.29 is 0 Å². The van der Waals surface area contributed by atoms with E-state index in [1.165, 1.54) is 127 Å². The Bertz CT molecular complexity index is 3930. The Balaban J connectivity index is 0.867. The van der Waals surface area contributed by atoms with Gasteiger partial charge in [-0.25, -0.2) is 0 Å². The SMILES string of the molecule is c1ccc(-c2c3ccccc3c(-c3ccc(N4c5ccccc5B5c6ccccc6N(c6ccc(-c7c8ccccc8c(-c8ccccc8)c8ccccc78)cc6)c6cccc4c65)cc3)c3ccccc23)cc1. The first kappa shape index (κ1) is 41.4. The smallest absolute Gasteiger partial charge is 0.252 e. The molecule has 0 N–H and O–H groups in total. The van der Waals surface area contributed by atoms with E-state index in [1.54, 1.807) is 0 Å². The van der Waals surface area contributed by atoms with Gasteiger partial charge in [0.05, 0.1) is 0 Å². The topological polar surface area (TPSA) is 6.48 Å². The van der Waals surface area contributed by atoms with Gasteiger partial charge < -0.3 is 9.80 Å². The molecule has 73 heavy (non-hydrogen) atoms. The van der Waals surface area contributed by atoms with Gasteiger partial charge in [-0.3, -0.25) is 0 Å². The molecule has 0 amide bonds. The zero-order valence-corrected chi connectivity index (χ0v) is 40.0. The predicted octanol–water partition coefficient (Wildman–Crippen LogP) is 17.0. The van der Waals surface area contributed by atoms with Crippen LogP contribution in [0.15, 0.2) is 273 Å². The summed E-state index contributed by atoms with van der Waals surface area (Å²) in [6, 6.07) is 101. The Morgan fingerprint density at radius 2 is 0.466 bits per heavy atom. The molecule has 0 unspecified atom stereocenters. The van der Waals surface area contributed by atoms with Crippen LogP contribution in [-0.4, -0.2) is 6.71 Å². The number of fused-ring (bicyclic) bond motifs is 8. The van der Waals surface area contributed by atoms with Gasteiger partial charge >= 0.3 is 0 Å². The maximum absolute atomic E-state index is 2.49. The van der Waals surface area contributed by atoms with Crippen LogP contribution in [0.4, 0.5) is 34.1 Å². The fourth-order valence-corrected chi connectivity index (χ4v) is 12.7. The molecule has 0 saturated carbocycles. The van der Waals surface area contributed by atoms with Crippen molar-refractivity contribution in [3.63, 3.8) is 0 Å². The van der Waals surface area contributed by atoms with Crippen molar-refractivity contribution >= 4 is 100 Å². The highest BCUT2D eigenvalue weighted by atomic mass is 15.2. The highest BCUT2D eigenvalue weighted by molar-refractivity contribution is 7.00. The molecule has 0 atom stereocenters. The van der Waals surface area contributed by atoms with Gasteiger partial charge in [-0.15, -0.1) is 0 Å². The zero-order valence-electron chi connectivity index (χ0n) is 40.0. The highest BCUT2D eigenvalue weighted by Gasteiger charge is 2.42. The summed E-state index contributed by atoms with van der Waals surface area (Å²) >= 11 is 0. The summed E-state index contributed by atoms with van der Waals surface area (Å²) in [6.45, 7) is 0.0614. The summed E-state index contributed by atoms with van der Waals surface area (Å²) in [5.74, 6) is 0. The first-order valence-corrected chi connectivity index (χ1v) is 25.4. The second kappa shape index (κ2) is 16.6. The number of anilines is 6. The van der Waals surface area contributed by atoms with Gasteiger partial charge in [0.1, 0.15) is 0 Å². The first-order valence-electron chi connectivity index (χ1n) is 25.4. The van der Waals surface area contributed by atoms with E-state index in [-0.39, 0.29) is 6.71 Å². The Morgan fingerprint density at radius 3 is 0.795 bits per heavy atom. The van der Waals surface area contributed by atoms with Crippen LogP contribution in [0.25, 0.3) is 87.6 Å². The van der Waals surface area contributed by atoms with Crippen LogP contribution in [0, 0.1) is 0 Å². The van der Waals surface area contributed by atoms with Gasteiger partial charge in [-0.1, -0.05) is 224 Å². The molecular weight excluding hydrogens is 880 g/mol. The summed E-state index contributed by atoms with van der Waals surface area (Å²) < 4.78 is 0. The van der Waals surface area contributed by atoms with Crippen molar-refractivity contribution in [2.75, 3.05) is 9.80 Å². The molecule has 13 aromatic rings. The van der Waals surface area contributed by atoms with E-state index >= 15 is 0 Å². The third-order valence-electron chi connectivity index (χ3n) is 15.6. The zero-order chi connectivity index (χ0) is 48.0. The third kappa shape index (κ3) is 6.32. The van der Waals surface area contributed by atoms with E-state index in [2.05, 4.69) is 283 Å². The molecule has 0 bridgehead atoms. The van der Waals surface area contributed by atoms with E-state index in [0.717, 1.165) is 11.4 Å². The van der Waals surface area contributed by atoms with Gasteiger partial charge in [-0.05, 0) is 153 Å². The van der Waals surface area contributed by atoms with Crippen LogP contribution in [0.3, 0.4) is 0 Å². The standard InChI is InChI=1S/C70H45BN2/c1-3-20-46(21-4-1)66-52-24-7-11-28-56(52)68(57-29-12-8-25-53(57)66)48-38-42-50(43-39-48)72-62-34-17-15-32-60(62)71-61-33-16-18-35-63(61)73(65-37-19-36-64(72)70(65)71)51-44-40-49(41-45-51)69-58-30-13-9-26-54(58)67(47-22-5-2-6-23-47)55-27-10-14-31-59(55)69/h1-45H. The van der Waals surface area contributed by atoms with Gasteiger partial charge in [0.15, 0.2) is 0 Å². The molecule has 0 aromatic heterocycles. The Morgan fingerprint density at radius 1 is 0.205 bits per heavy atom. The molecule has 0 spiro atoms. The van der Waals surface area contributed by atoms with Crippen molar-refractivity contribution in [1.82, 2.24) is 0 Å². The van der Waals surface area contributed by atoms with Crippen LogP contribution in [-0.2, 0) is 0 Å². The van der Waals surface area contributed by atoms with Gasteiger partial charge in [0.25, 0.3) is 6.71 Å². The quantitative estimate of drug-likeness (QED) is 0.121. The summed E-state index contributed by atoms with van der Waals surface area (Å²) in [7, 11) is 0. The number of benzene rings is 13. The molecule has 0 saturated heterocycles. The molecule has 3 heteroatoms. The largest absolute Gasteiger partial charge is 0.311 e. The van der Waals surface area contributed by atoms with Gasteiger partial charge in [0.2, 0.25) is 0 Å². The molecule has 338 valence electrons. The lowest BCUT2D eigenvalue weighted by molar-refractivity contribution is 1.25. The molecule has 0 radical (unpaired) electrons. The second-order valence-electron chi connectivity index (χ2n) is 19.4. The van der Waals surface area contributed by atoms with Crippen molar-refractivity contribution in [3.8, 4) is 44.5 Å². The average Bonchev–Trinajstić information content (AvgIpc) is 3.46. The Hall–Kier alpha value is -9.44. The number of para-hydroxylation sites is 2. The predicted molar refractivity (Wildman–Crippen MR) is 312 cm³/mol. The molecular formula is C70H45BN2. The van der Waals surface area contributed by atoms with E-state index < -0.39 is 0 Å². The molecule has 2 aliphatic heterocycles. The van der Waals surface area contributed by atoms with E-state index in [9.17, 15) is 0 Å². The van der Waals surface area contributed by atoms with Crippen molar-refractivity contribution in [3.05, 3.63) is 273 Å². The van der Waals surface area contributed by atoms with Crippen LogP contribution in [0.2, 0.25) is 0 Å². The minimum absolute atomic E-state index is 0.0614. The van der Waals surface area contributed by atoms with E-state index in [1.807, 2.05) is 0 Å². The van der Waals surface area contributed by atoms with Crippen molar-refractivity contribution in [2.45, 2.75) is 0 Å². The molecule has 0 fully saturated rings. The van der Waals surface area contributed by atoms with Gasteiger partial charge in [0, 0.05) is 34.1 Å². The van der Waals surface area contributed by atoms with Gasteiger partial charge in [-0.2, -0.15) is 0 Å². The number of hydrogen-bond donors (Lipinski definition) is 0. The second-order valence-corrected chi connectivity index (χ2v) is 19.4. The molecule has 2 heterocycles. The normalized spacial score (nSPS) is 12.6. The third-order valence-corrected chi connectivity index (χ3v) is 15.6.